The zero-order chi connectivity index (χ0) is 22.5. The van der Waals surface area contributed by atoms with Gasteiger partial charge >= 0.3 is 5.97 Å². The van der Waals surface area contributed by atoms with E-state index in [-0.39, 0.29) is 17.2 Å². The molecule has 3 rings (SSSR count). The molecule has 2 aromatic carbocycles. The van der Waals surface area contributed by atoms with Gasteiger partial charge in [-0.15, -0.1) is 0 Å². The lowest BCUT2D eigenvalue weighted by Gasteiger charge is -2.15. The van der Waals surface area contributed by atoms with Crippen molar-refractivity contribution < 1.29 is 23.8 Å². The topological polar surface area (TPSA) is 91.7 Å². The molecule has 0 aliphatic heterocycles. The van der Waals surface area contributed by atoms with Crippen molar-refractivity contribution in [2.75, 3.05) is 26.6 Å². The highest BCUT2D eigenvalue weighted by Gasteiger charge is 2.19. The maximum Gasteiger partial charge on any atom is 0.340 e. The molecule has 3 aromatic rings. The van der Waals surface area contributed by atoms with Gasteiger partial charge in [0.15, 0.2) is 11.5 Å². The summed E-state index contributed by atoms with van der Waals surface area (Å²) in [6.45, 7) is 4.57. The van der Waals surface area contributed by atoms with Gasteiger partial charge in [0.2, 0.25) is 0 Å². The number of carbonyl (C=O) groups excluding carboxylic acids is 2. The minimum absolute atomic E-state index is 0.162. The summed E-state index contributed by atoms with van der Waals surface area (Å²) in [5.74, 6) is -0.230. The van der Waals surface area contributed by atoms with Crippen molar-refractivity contribution in [1.29, 1.82) is 0 Å². The van der Waals surface area contributed by atoms with E-state index in [1.54, 1.807) is 12.1 Å². The molecule has 0 aliphatic carbocycles. The number of amides is 1. The Hall–Kier alpha value is -3.81. The Balaban J connectivity index is 1.82. The van der Waals surface area contributed by atoms with Gasteiger partial charge in [0, 0.05) is 23.4 Å². The first-order chi connectivity index (χ1) is 14.9. The second-order valence-electron chi connectivity index (χ2n) is 6.98. The highest BCUT2D eigenvalue weighted by molar-refractivity contribution is 6.08. The van der Waals surface area contributed by atoms with Crippen molar-refractivity contribution in [3.8, 4) is 11.5 Å². The molecule has 1 amide bonds. The Kier molecular flexibility index (Phi) is 6.59. The van der Waals surface area contributed by atoms with E-state index in [2.05, 4.69) is 10.4 Å². The van der Waals surface area contributed by atoms with Crippen LogP contribution in [0.2, 0.25) is 0 Å². The van der Waals surface area contributed by atoms with E-state index in [1.807, 2.05) is 36.7 Å². The summed E-state index contributed by atoms with van der Waals surface area (Å²) in [5, 5.41) is 7.21. The molecule has 1 N–H and O–H groups in total. The first kappa shape index (κ1) is 21.9. The van der Waals surface area contributed by atoms with Crippen LogP contribution >= 0.6 is 0 Å². The summed E-state index contributed by atoms with van der Waals surface area (Å²) >= 11 is 0. The predicted molar refractivity (Wildman–Crippen MR) is 116 cm³/mol. The summed E-state index contributed by atoms with van der Waals surface area (Å²) in [7, 11) is 4.21. The third kappa shape index (κ3) is 4.85. The van der Waals surface area contributed by atoms with Crippen LogP contribution in [0.3, 0.4) is 0 Å². The number of carbonyl (C=O) groups is 2. The molecule has 8 heteroatoms. The molecular formula is C23H25N3O5. The Labute approximate surface area is 180 Å². The van der Waals surface area contributed by atoms with Gasteiger partial charge in [-0.1, -0.05) is 12.1 Å². The molecule has 0 unspecified atom stereocenters. The molecule has 0 spiro atoms. The fraction of sp³-hybridized carbons (Fsp3) is 0.261. The number of aryl methyl sites for hydroxylation is 2. The summed E-state index contributed by atoms with van der Waals surface area (Å²) in [4.78, 5) is 25.0. The maximum absolute atomic E-state index is 12.8. The van der Waals surface area contributed by atoms with Crippen LogP contribution in [0, 0.1) is 13.8 Å². The SMILES string of the molecule is COC(=O)c1cc(OC)c(OC)cc1NC(=O)c1ccc(Cn2nc(C)cc2C)cc1. The van der Waals surface area contributed by atoms with Crippen LogP contribution in [-0.4, -0.2) is 43.0 Å². The second-order valence-corrected chi connectivity index (χ2v) is 6.98. The molecule has 8 nitrogen and oxygen atoms in total. The summed E-state index contributed by atoms with van der Waals surface area (Å²) in [5.41, 5.74) is 3.93. The van der Waals surface area contributed by atoms with Crippen LogP contribution in [0.15, 0.2) is 42.5 Å². The van der Waals surface area contributed by atoms with E-state index in [0.29, 0.717) is 23.6 Å². The van der Waals surface area contributed by atoms with Gasteiger partial charge in [0.25, 0.3) is 5.91 Å². The number of nitrogens with one attached hydrogen (secondary N) is 1. The lowest BCUT2D eigenvalue weighted by Crippen LogP contribution is -2.16. The molecule has 0 fully saturated rings. The molecule has 1 heterocycles. The quantitative estimate of drug-likeness (QED) is 0.584. The molecule has 0 atom stereocenters. The minimum atomic E-state index is -0.600. The summed E-state index contributed by atoms with van der Waals surface area (Å²) < 4.78 is 17.3. The van der Waals surface area contributed by atoms with Crippen molar-refractivity contribution in [3.63, 3.8) is 0 Å². The van der Waals surface area contributed by atoms with Gasteiger partial charge in [-0.3, -0.25) is 9.48 Å². The van der Waals surface area contributed by atoms with Crippen LogP contribution in [-0.2, 0) is 11.3 Å². The number of rotatable bonds is 7. The molecule has 0 aliphatic rings. The molecular weight excluding hydrogens is 398 g/mol. The van der Waals surface area contributed by atoms with Crippen molar-refractivity contribution in [1.82, 2.24) is 9.78 Å². The average molecular weight is 423 g/mol. The number of ether oxygens (including phenoxy) is 3. The molecule has 31 heavy (non-hydrogen) atoms. The lowest BCUT2D eigenvalue weighted by molar-refractivity contribution is 0.0601. The molecule has 0 radical (unpaired) electrons. The lowest BCUT2D eigenvalue weighted by atomic mass is 10.1. The molecule has 162 valence electrons. The first-order valence-corrected chi connectivity index (χ1v) is 9.62. The van der Waals surface area contributed by atoms with Crippen LogP contribution in [0.1, 0.15) is 37.7 Å². The van der Waals surface area contributed by atoms with E-state index in [9.17, 15) is 9.59 Å². The predicted octanol–water partition coefficient (Wildman–Crippen LogP) is 3.60. The van der Waals surface area contributed by atoms with Gasteiger partial charge in [-0.05, 0) is 37.6 Å². The minimum Gasteiger partial charge on any atom is -0.493 e. The van der Waals surface area contributed by atoms with Crippen molar-refractivity contribution in [2.24, 2.45) is 0 Å². The van der Waals surface area contributed by atoms with Crippen LogP contribution < -0.4 is 14.8 Å². The maximum atomic E-state index is 12.8. The van der Waals surface area contributed by atoms with Crippen molar-refractivity contribution in [3.05, 3.63) is 70.5 Å². The molecule has 0 saturated carbocycles. The van der Waals surface area contributed by atoms with E-state index in [4.69, 9.17) is 14.2 Å². The number of methoxy groups -OCH3 is 3. The Bertz CT molecular complexity index is 1100. The fourth-order valence-corrected chi connectivity index (χ4v) is 3.23. The fourth-order valence-electron chi connectivity index (χ4n) is 3.23. The highest BCUT2D eigenvalue weighted by atomic mass is 16.5. The Morgan fingerprint density at radius 1 is 0.968 bits per heavy atom. The molecule has 1 aromatic heterocycles. The van der Waals surface area contributed by atoms with Gasteiger partial charge in [-0.2, -0.15) is 5.10 Å². The first-order valence-electron chi connectivity index (χ1n) is 9.62. The van der Waals surface area contributed by atoms with Crippen LogP contribution in [0.5, 0.6) is 11.5 Å². The van der Waals surface area contributed by atoms with Gasteiger partial charge < -0.3 is 19.5 Å². The Morgan fingerprint density at radius 2 is 1.61 bits per heavy atom. The normalized spacial score (nSPS) is 10.5. The monoisotopic (exact) mass is 423 g/mol. The number of nitrogens with zero attached hydrogens (tertiary/aromatic N) is 2. The highest BCUT2D eigenvalue weighted by Crippen LogP contribution is 2.34. The van der Waals surface area contributed by atoms with Crippen molar-refractivity contribution >= 4 is 17.6 Å². The van der Waals surface area contributed by atoms with Gasteiger partial charge in [0.05, 0.1) is 44.8 Å². The van der Waals surface area contributed by atoms with E-state index >= 15 is 0 Å². The zero-order valence-corrected chi connectivity index (χ0v) is 18.2. The smallest absolute Gasteiger partial charge is 0.340 e. The largest absolute Gasteiger partial charge is 0.493 e. The summed E-state index contributed by atoms with van der Waals surface area (Å²) in [6.07, 6.45) is 0. The van der Waals surface area contributed by atoms with Gasteiger partial charge in [0.1, 0.15) is 0 Å². The summed E-state index contributed by atoms with van der Waals surface area (Å²) in [6, 6.07) is 12.2. The third-order valence-electron chi connectivity index (χ3n) is 4.83. The van der Waals surface area contributed by atoms with E-state index < -0.39 is 5.97 Å². The van der Waals surface area contributed by atoms with E-state index in [1.165, 1.54) is 33.5 Å². The zero-order valence-electron chi connectivity index (χ0n) is 18.2. The molecule has 0 saturated heterocycles. The standard InChI is InChI=1S/C23H25N3O5/c1-14-10-15(2)26(25-14)13-16-6-8-17(9-7-16)22(27)24-19-12-21(30-4)20(29-3)11-18(19)23(28)31-5/h6-12H,13H2,1-5H3,(H,24,27). The second kappa shape index (κ2) is 9.34. The van der Waals surface area contributed by atoms with Gasteiger partial charge in [-0.25, -0.2) is 4.79 Å². The van der Waals surface area contributed by atoms with E-state index in [0.717, 1.165) is 17.0 Å². The molecule has 0 bridgehead atoms. The Morgan fingerprint density at radius 3 is 2.16 bits per heavy atom. The van der Waals surface area contributed by atoms with Crippen LogP contribution in [0.25, 0.3) is 0 Å². The van der Waals surface area contributed by atoms with Crippen LogP contribution in [0.4, 0.5) is 5.69 Å². The average Bonchev–Trinajstić information content (AvgIpc) is 3.09. The number of hydrogen-bond donors (Lipinski definition) is 1. The number of aromatic nitrogens is 2. The van der Waals surface area contributed by atoms with Crippen molar-refractivity contribution in [2.45, 2.75) is 20.4 Å². The number of anilines is 1. The number of esters is 1. The number of hydrogen-bond acceptors (Lipinski definition) is 6. The number of benzene rings is 2. The third-order valence-corrected chi connectivity index (χ3v) is 4.83.